The maximum Gasteiger partial charge on any atom is 0.227 e. The van der Waals surface area contributed by atoms with E-state index in [0.717, 1.165) is 6.54 Å². The topological polar surface area (TPSA) is 62.7 Å². The van der Waals surface area contributed by atoms with E-state index in [1.807, 2.05) is 20.8 Å². The maximum atomic E-state index is 4.23. The molecule has 0 radical (unpaired) electrons. The van der Waals surface area contributed by atoms with Gasteiger partial charge in [0.05, 0.1) is 5.75 Å². The summed E-state index contributed by atoms with van der Waals surface area (Å²) in [5, 5.41) is 6.20. The minimum atomic E-state index is 0.301. The van der Waals surface area contributed by atoms with Crippen molar-refractivity contribution in [3.63, 3.8) is 0 Å². The molecule has 15 heavy (non-hydrogen) atoms. The monoisotopic (exact) mass is 227 g/mol. The van der Waals surface area contributed by atoms with Crippen molar-refractivity contribution in [3.8, 4) is 0 Å². The Balaban J connectivity index is 2.89. The molecule has 0 amide bonds. The molecule has 0 aliphatic rings. The second-order valence-electron chi connectivity index (χ2n) is 3.39. The summed E-state index contributed by atoms with van der Waals surface area (Å²) in [6, 6.07) is 0.301. The quantitative estimate of drug-likeness (QED) is 0.666. The molecule has 0 atom stereocenters. The van der Waals surface area contributed by atoms with Gasteiger partial charge in [-0.1, -0.05) is 0 Å². The van der Waals surface area contributed by atoms with Crippen molar-refractivity contribution >= 4 is 24.5 Å². The normalized spacial score (nSPS) is 10.5. The van der Waals surface area contributed by atoms with Gasteiger partial charge in [0, 0.05) is 12.6 Å². The predicted octanol–water partition coefficient (Wildman–Crippen LogP) is 1.55. The number of hydrogen-bond acceptors (Lipinski definition) is 6. The van der Waals surface area contributed by atoms with Gasteiger partial charge in [-0.3, -0.25) is 0 Å². The van der Waals surface area contributed by atoms with E-state index in [2.05, 4.69) is 38.2 Å². The molecule has 0 aromatic carbocycles. The van der Waals surface area contributed by atoms with Crippen molar-refractivity contribution in [1.29, 1.82) is 0 Å². The van der Waals surface area contributed by atoms with Crippen molar-refractivity contribution in [2.24, 2.45) is 0 Å². The highest BCUT2D eigenvalue weighted by Crippen LogP contribution is 2.07. The Hall–Kier alpha value is -1.04. The summed E-state index contributed by atoms with van der Waals surface area (Å²) in [5.74, 6) is 2.38. The smallest absolute Gasteiger partial charge is 0.227 e. The van der Waals surface area contributed by atoms with Crippen LogP contribution >= 0.6 is 12.6 Å². The minimum absolute atomic E-state index is 0.301. The first-order valence-corrected chi connectivity index (χ1v) is 5.65. The molecule has 0 spiro atoms. The summed E-state index contributed by atoms with van der Waals surface area (Å²) in [4.78, 5) is 12.7. The molecule has 6 heteroatoms. The van der Waals surface area contributed by atoms with E-state index in [4.69, 9.17) is 0 Å². The Morgan fingerprint density at radius 2 is 1.87 bits per heavy atom. The lowest BCUT2D eigenvalue weighted by Crippen LogP contribution is -2.15. The van der Waals surface area contributed by atoms with Crippen LogP contribution in [0, 0.1) is 0 Å². The summed E-state index contributed by atoms with van der Waals surface area (Å²) in [5.41, 5.74) is 0. The first kappa shape index (κ1) is 12.0. The van der Waals surface area contributed by atoms with Crippen LogP contribution in [0.25, 0.3) is 0 Å². The highest BCUT2D eigenvalue weighted by Gasteiger charge is 2.05. The van der Waals surface area contributed by atoms with Crippen molar-refractivity contribution in [2.75, 3.05) is 17.2 Å². The molecule has 1 rings (SSSR count). The fourth-order valence-corrected chi connectivity index (χ4v) is 1.19. The fraction of sp³-hybridized carbons (Fsp3) is 0.667. The number of aromatic nitrogens is 3. The van der Waals surface area contributed by atoms with Gasteiger partial charge in [0.2, 0.25) is 11.9 Å². The third kappa shape index (κ3) is 3.91. The van der Waals surface area contributed by atoms with Gasteiger partial charge in [0.15, 0.2) is 0 Å². The average molecular weight is 227 g/mol. The molecule has 0 bridgehead atoms. The largest absolute Gasteiger partial charge is 0.354 e. The molecule has 0 aliphatic carbocycles. The second-order valence-corrected chi connectivity index (χ2v) is 3.70. The lowest BCUT2D eigenvalue weighted by Gasteiger charge is -2.10. The molecule has 1 aromatic rings. The van der Waals surface area contributed by atoms with Crippen molar-refractivity contribution in [1.82, 2.24) is 15.0 Å². The number of nitrogens with one attached hydrogen (secondary N) is 2. The number of thiol groups is 1. The van der Waals surface area contributed by atoms with E-state index in [0.29, 0.717) is 29.5 Å². The number of anilines is 2. The second kappa shape index (κ2) is 5.75. The molecule has 1 heterocycles. The predicted molar refractivity (Wildman–Crippen MR) is 65.4 cm³/mol. The first-order valence-electron chi connectivity index (χ1n) is 5.02. The van der Waals surface area contributed by atoms with Gasteiger partial charge >= 0.3 is 0 Å². The van der Waals surface area contributed by atoms with Crippen LogP contribution in [0.4, 0.5) is 11.9 Å². The molecule has 84 valence electrons. The Kier molecular flexibility index (Phi) is 4.61. The Morgan fingerprint density at radius 3 is 2.40 bits per heavy atom. The van der Waals surface area contributed by atoms with Crippen LogP contribution in [-0.2, 0) is 5.75 Å². The van der Waals surface area contributed by atoms with Gasteiger partial charge in [-0.2, -0.15) is 27.6 Å². The fourth-order valence-electron chi connectivity index (χ4n) is 1.05. The van der Waals surface area contributed by atoms with Gasteiger partial charge < -0.3 is 10.6 Å². The highest BCUT2D eigenvalue weighted by atomic mass is 32.1. The van der Waals surface area contributed by atoms with Crippen LogP contribution in [0.5, 0.6) is 0 Å². The average Bonchev–Trinajstić information content (AvgIpc) is 2.16. The SMILES string of the molecule is CCNc1nc(CS)nc(NC(C)C)n1. The number of rotatable bonds is 5. The van der Waals surface area contributed by atoms with Crippen LogP contribution < -0.4 is 10.6 Å². The van der Waals surface area contributed by atoms with Crippen molar-refractivity contribution < 1.29 is 0 Å². The number of nitrogens with zero attached hydrogens (tertiary/aromatic N) is 3. The molecule has 1 aromatic heterocycles. The lowest BCUT2D eigenvalue weighted by molar-refractivity contribution is 0.854. The maximum absolute atomic E-state index is 4.23. The zero-order valence-corrected chi connectivity index (χ0v) is 10.2. The van der Waals surface area contributed by atoms with Crippen molar-refractivity contribution in [2.45, 2.75) is 32.6 Å². The lowest BCUT2D eigenvalue weighted by atomic mass is 10.4. The van der Waals surface area contributed by atoms with Gasteiger partial charge in [-0.05, 0) is 20.8 Å². The molecule has 0 unspecified atom stereocenters. The van der Waals surface area contributed by atoms with Crippen LogP contribution in [0.1, 0.15) is 26.6 Å². The zero-order valence-electron chi connectivity index (χ0n) is 9.28. The third-order valence-electron chi connectivity index (χ3n) is 1.58. The Labute approximate surface area is 95.5 Å². The Bertz CT molecular complexity index is 315. The summed E-state index contributed by atoms with van der Waals surface area (Å²) in [7, 11) is 0. The van der Waals surface area contributed by atoms with Crippen LogP contribution in [0.15, 0.2) is 0 Å². The van der Waals surface area contributed by atoms with Crippen LogP contribution in [-0.4, -0.2) is 27.5 Å². The summed E-state index contributed by atoms with van der Waals surface area (Å²) in [6.45, 7) is 6.87. The molecule has 5 nitrogen and oxygen atoms in total. The van der Waals surface area contributed by atoms with Gasteiger partial charge in [-0.25, -0.2) is 0 Å². The van der Waals surface area contributed by atoms with Gasteiger partial charge in [-0.15, -0.1) is 0 Å². The summed E-state index contributed by atoms with van der Waals surface area (Å²) < 4.78 is 0. The molecule has 0 saturated carbocycles. The van der Waals surface area contributed by atoms with Crippen LogP contribution in [0.2, 0.25) is 0 Å². The van der Waals surface area contributed by atoms with Crippen LogP contribution in [0.3, 0.4) is 0 Å². The van der Waals surface area contributed by atoms with Gasteiger partial charge in [0.1, 0.15) is 5.82 Å². The standard InChI is InChI=1S/C9H17N5S/c1-4-10-8-12-7(5-15)13-9(14-8)11-6(2)3/h6,15H,4-5H2,1-3H3,(H2,10,11,12,13,14). The van der Waals surface area contributed by atoms with E-state index < -0.39 is 0 Å². The number of hydrogen-bond donors (Lipinski definition) is 3. The van der Waals surface area contributed by atoms with E-state index in [-0.39, 0.29) is 0 Å². The van der Waals surface area contributed by atoms with E-state index in [1.54, 1.807) is 0 Å². The molecule has 0 aliphatic heterocycles. The molecule has 2 N–H and O–H groups in total. The van der Waals surface area contributed by atoms with Gasteiger partial charge in [0.25, 0.3) is 0 Å². The highest BCUT2D eigenvalue weighted by molar-refractivity contribution is 7.79. The summed E-state index contributed by atoms with van der Waals surface area (Å²) >= 11 is 4.16. The van der Waals surface area contributed by atoms with Crippen molar-refractivity contribution in [3.05, 3.63) is 5.82 Å². The van der Waals surface area contributed by atoms with E-state index in [1.165, 1.54) is 0 Å². The molecule has 0 saturated heterocycles. The first-order chi connectivity index (χ1) is 7.15. The zero-order chi connectivity index (χ0) is 11.3. The third-order valence-corrected chi connectivity index (χ3v) is 1.86. The Morgan fingerprint density at radius 1 is 1.20 bits per heavy atom. The molecule has 0 fully saturated rings. The minimum Gasteiger partial charge on any atom is -0.354 e. The van der Waals surface area contributed by atoms with E-state index >= 15 is 0 Å². The molecular formula is C9H17N5S. The summed E-state index contributed by atoms with van der Waals surface area (Å²) in [6.07, 6.45) is 0. The molecular weight excluding hydrogens is 210 g/mol. The van der Waals surface area contributed by atoms with E-state index in [9.17, 15) is 0 Å².